The van der Waals surface area contributed by atoms with E-state index in [0.717, 1.165) is 24.8 Å². The molecule has 0 radical (unpaired) electrons. The number of anilines is 2. The third-order valence-corrected chi connectivity index (χ3v) is 5.19. The van der Waals surface area contributed by atoms with Crippen molar-refractivity contribution >= 4 is 17.4 Å². The van der Waals surface area contributed by atoms with Crippen molar-refractivity contribution in [3.63, 3.8) is 0 Å². The van der Waals surface area contributed by atoms with Gasteiger partial charge < -0.3 is 15.0 Å². The van der Waals surface area contributed by atoms with Gasteiger partial charge in [0.25, 0.3) is 0 Å². The molecule has 4 rings (SSSR count). The molecule has 0 bridgehead atoms. The Kier molecular flexibility index (Phi) is 6.47. The zero-order valence-electron chi connectivity index (χ0n) is 17.3. The molecule has 0 spiro atoms. The number of nitrogens with one attached hydrogen (secondary N) is 1. The number of nitrogens with zero attached hydrogens (tertiary/aromatic N) is 4. The summed E-state index contributed by atoms with van der Waals surface area (Å²) in [5.74, 6) is 0.654. The lowest BCUT2D eigenvalue weighted by molar-refractivity contribution is -0.139. The molecule has 1 aromatic carbocycles. The second kappa shape index (κ2) is 9.61. The first-order valence-electron chi connectivity index (χ1n) is 10.2. The molecule has 0 unspecified atom stereocenters. The number of carbonyl (C=O) groups excluding carboxylic acids is 1. The maximum atomic E-state index is 13.7. The van der Waals surface area contributed by atoms with Crippen LogP contribution in [-0.4, -0.2) is 46.0 Å². The Balaban J connectivity index is 1.74. The monoisotopic (exact) mass is 421 g/mol. The van der Waals surface area contributed by atoms with E-state index in [1.807, 2.05) is 12.1 Å². The summed E-state index contributed by atoms with van der Waals surface area (Å²) in [5.41, 5.74) is 2.10. The fourth-order valence-corrected chi connectivity index (χ4v) is 3.76. The van der Waals surface area contributed by atoms with Crippen molar-refractivity contribution in [3.05, 3.63) is 66.5 Å². The molecule has 0 saturated carbocycles. The van der Waals surface area contributed by atoms with E-state index in [2.05, 4.69) is 10.3 Å². The smallest absolute Gasteiger partial charge is 0.249 e. The van der Waals surface area contributed by atoms with Gasteiger partial charge in [-0.3, -0.25) is 9.78 Å². The van der Waals surface area contributed by atoms with Gasteiger partial charge in [-0.15, -0.1) is 0 Å². The zero-order chi connectivity index (χ0) is 21.6. The van der Waals surface area contributed by atoms with E-state index in [1.165, 1.54) is 19.2 Å². The number of pyridine rings is 1. The van der Waals surface area contributed by atoms with Crippen LogP contribution in [0.2, 0.25) is 0 Å². The first kappa shape index (κ1) is 20.9. The summed E-state index contributed by atoms with van der Waals surface area (Å²) in [4.78, 5) is 28.1. The highest BCUT2D eigenvalue weighted by Gasteiger charge is 2.30. The van der Waals surface area contributed by atoms with Crippen LogP contribution in [0, 0.1) is 5.82 Å². The average Bonchev–Trinajstić information content (AvgIpc) is 2.80. The minimum Gasteiger partial charge on any atom is -0.375 e. The van der Waals surface area contributed by atoms with Gasteiger partial charge in [-0.1, -0.05) is 6.07 Å². The van der Waals surface area contributed by atoms with Crippen molar-refractivity contribution in [2.24, 2.45) is 0 Å². The summed E-state index contributed by atoms with van der Waals surface area (Å²) in [6.45, 7) is 0.660. The van der Waals surface area contributed by atoms with Crippen LogP contribution in [0.1, 0.15) is 31.1 Å². The Morgan fingerprint density at radius 2 is 2.13 bits per heavy atom. The van der Waals surface area contributed by atoms with Gasteiger partial charge in [0, 0.05) is 43.4 Å². The first-order chi connectivity index (χ1) is 15.1. The van der Waals surface area contributed by atoms with Gasteiger partial charge in [0.15, 0.2) is 5.82 Å². The second-order valence-corrected chi connectivity index (χ2v) is 7.41. The molecule has 1 fully saturated rings. The third kappa shape index (κ3) is 5.03. The minimum atomic E-state index is -0.338. The first-order valence-corrected chi connectivity index (χ1v) is 10.2. The number of hydrogen-bond acceptors (Lipinski definition) is 6. The summed E-state index contributed by atoms with van der Waals surface area (Å²) in [7, 11) is 1.51. The molecule has 3 heterocycles. The average molecular weight is 421 g/mol. The van der Waals surface area contributed by atoms with E-state index < -0.39 is 0 Å². The Bertz CT molecular complexity index is 1050. The van der Waals surface area contributed by atoms with E-state index in [0.29, 0.717) is 29.6 Å². The number of rotatable bonds is 6. The zero-order valence-corrected chi connectivity index (χ0v) is 17.3. The minimum absolute atomic E-state index is 0.0210. The molecule has 0 aliphatic carbocycles. The largest absolute Gasteiger partial charge is 0.375 e. The Hall–Kier alpha value is -3.39. The van der Waals surface area contributed by atoms with Crippen LogP contribution >= 0.6 is 0 Å². The fourth-order valence-electron chi connectivity index (χ4n) is 3.76. The van der Waals surface area contributed by atoms with Crippen molar-refractivity contribution in [2.45, 2.75) is 25.3 Å². The topological polar surface area (TPSA) is 80.2 Å². The summed E-state index contributed by atoms with van der Waals surface area (Å²) >= 11 is 0. The molecule has 1 saturated heterocycles. The number of halogens is 1. The van der Waals surface area contributed by atoms with Crippen molar-refractivity contribution in [1.82, 2.24) is 19.9 Å². The van der Waals surface area contributed by atoms with E-state index >= 15 is 0 Å². The van der Waals surface area contributed by atoms with Crippen LogP contribution in [0.4, 0.5) is 15.9 Å². The van der Waals surface area contributed by atoms with Gasteiger partial charge in [0.05, 0.1) is 11.7 Å². The summed E-state index contributed by atoms with van der Waals surface area (Å²) in [6, 6.07) is 11.5. The maximum absolute atomic E-state index is 13.7. The molecule has 3 aromatic rings. The number of carbonyl (C=O) groups is 1. The molecular weight excluding hydrogens is 397 g/mol. The molecule has 1 atom stereocenters. The molecule has 160 valence electrons. The maximum Gasteiger partial charge on any atom is 0.249 e. The van der Waals surface area contributed by atoms with Crippen LogP contribution in [-0.2, 0) is 9.53 Å². The van der Waals surface area contributed by atoms with Gasteiger partial charge in [0.2, 0.25) is 5.91 Å². The molecule has 8 heteroatoms. The lowest BCUT2D eigenvalue weighted by Gasteiger charge is -2.35. The molecule has 1 aliphatic heterocycles. The highest BCUT2D eigenvalue weighted by atomic mass is 19.1. The van der Waals surface area contributed by atoms with Crippen LogP contribution in [0.25, 0.3) is 11.3 Å². The number of hydrogen-bond donors (Lipinski definition) is 1. The summed E-state index contributed by atoms with van der Waals surface area (Å²) < 4.78 is 18.7. The standard InChI is InChI=1S/C23H24FN5O2/c1-31-15-22(30)29-11-3-2-9-20(29)23-27-19(16-6-5-10-25-14-16)13-21(28-23)26-18-8-4-7-17(24)12-18/h4-8,10,12-14,20H,2-3,9,11,15H2,1H3,(H,26,27,28)/t20-/m0/s1. The van der Waals surface area contributed by atoms with Gasteiger partial charge in [0.1, 0.15) is 18.2 Å². The van der Waals surface area contributed by atoms with Gasteiger partial charge in [-0.05, 0) is 49.6 Å². The number of methoxy groups -OCH3 is 1. The number of likely N-dealkylation sites (tertiary alicyclic amines) is 1. The predicted octanol–water partition coefficient (Wildman–Crippen LogP) is 4.12. The highest BCUT2D eigenvalue weighted by Crippen LogP contribution is 2.32. The molecule has 7 nitrogen and oxygen atoms in total. The van der Waals surface area contributed by atoms with Gasteiger partial charge >= 0.3 is 0 Å². The molecule has 1 amide bonds. The quantitative estimate of drug-likeness (QED) is 0.645. The predicted molar refractivity (Wildman–Crippen MR) is 115 cm³/mol. The Morgan fingerprint density at radius 1 is 1.23 bits per heavy atom. The summed E-state index contributed by atoms with van der Waals surface area (Å²) in [6.07, 6.45) is 6.11. The van der Waals surface area contributed by atoms with Crippen molar-refractivity contribution in [2.75, 3.05) is 25.6 Å². The van der Waals surface area contributed by atoms with Crippen molar-refractivity contribution < 1.29 is 13.9 Å². The lowest BCUT2D eigenvalue weighted by Crippen LogP contribution is -2.41. The number of benzene rings is 1. The number of piperidine rings is 1. The lowest BCUT2D eigenvalue weighted by atomic mass is 10.0. The van der Waals surface area contributed by atoms with Crippen LogP contribution < -0.4 is 5.32 Å². The van der Waals surface area contributed by atoms with E-state index in [1.54, 1.807) is 35.5 Å². The molecule has 1 N–H and O–H groups in total. The van der Waals surface area contributed by atoms with Gasteiger partial charge in [-0.25, -0.2) is 14.4 Å². The van der Waals surface area contributed by atoms with Crippen molar-refractivity contribution in [3.8, 4) is 11.3 Å². The molecule has 31 heavy (non-hydrogen) atoms. The number of ether oxygens (including phenoxy) is 1. The van der Waals surface area contributed by atoms with E-state index in [9.17, 15) is 9.18 Å². The van der Waals surface area contributed by atoms with Crippen LogP contribution in [0.15, 0.2) is 54.9 Å². The second-order valence-electron chi connectivity index (χ2n) is 7.41. The van der Waals surface area contributed by atoms with E-state index in [-0.39, 0.29) is 24.4 Å². The van der Waals surface area contributed by atoms with Crippen molar-refractivity contribution in [1.29, 1.82) is 0 Å². The molecule has 2 aromatic heterocycles. The highest BCUT2D eigenvalue weighted by molar-refractivity contribution is 5.78. The molecule has 1 aliphatic rings. The SMILES string of the molecule is COCC(=O)N1CCCC[C@H]1c1nc(Nc2cccc(F)c2)cc(-c2cccnc2)n1. The Labute approximate surface area is 180 Å². The van der Waals surface area contributed by atoms with Gasteiger partial charge in [-0.2, -0.15) is 0 Å². The van der Waals surface area contributed by atoms with Crippen LogP contribution in [0.5, 0.6) is 0 Å². The Morgan fingerprint density at radius 3 is 2.90 bits per heavy atom. The van der Waals surface area contributed by atoms with E-state index in [4.69, 9.17) is 14.7 Å². The van der Waals surface area contributed by atoms with Crippen LogP contribution in [0.3, 0.4) is 0 Å². The fraction of sp³-hybridized carbons (Fsp3) is 0.304. The number of amides is 1. The normalized spacial score (nSPS) is 16.2. The summed E-state index contributed by atoms with van der Waals surface area (Å²) in [5, 5.41) is 3.16. The third-order valence-electron chi connectivity index (χ3n) is 5.19. The molecular formula is C23H24FN5O2. The number of aromatic nitrogens is 3.